The Bertz CT molecular complexity index is 527. The van der Waals surface area contributed by atoms with E-state index in [1.54, 1.807) is 4.90 Å². The second kappa shape index (κ2) is 9.42. The van der Waals surface area contributed by atoms with E-state index in [0.29, 0.717) is 24.8 Å². The smallest absolute Gasteiger partial charge is 0.325 e. The minimum absolute atomic E-state index is 0.000135. The molecule has 1 fully saturated rings. The lowest BCUT2D eigenvalue weighted by Crippen LogP contribution is -2.39. The van der Waals surface area contributed by atoms with Gasteiger partial charge in [0.15, 0.2) is 0 Å². The zero-order valence-electron chi connectivity index (χ0n) is 14.7. The lowest BCUT2D eigenvalue weighted by molar-refractivity contribution is -0.147. The third-order valence-electron chi connectivity index (χ3n) is 4.75. The number of piperidine rings is 1. The zero-order chi connectivity index (χ0) is 17.4. The average molecular weight is 332 g/mol. The average Bonchev–Trinajstić information content (AvgIpc) is 2.62. The summed E-state index contributed by atoms with van der Waals surface area (Å²) in [6.07, 6.45) is 2.80. The third-order valence-corrected chi connectivity index (χ3v) is 4.75. The van der Waals surface area contributed by atoms with E-state index < -0.39 is 0 Å². The molecular weight excluding hydrogens is 304 g/mol. The maximum Gasteiger partial charge on any atom is 0.325 e. The Morgan fingerprint density at radius 1 is 1.33 bits per heavy atom. The SMILES string of the molecule is COC(=O)CN(Cc1ccccc1)C(=O)CC(C)C1CCCNC1. The molecule has 1 aliphatic heterocycles. The van der Waals surface area contributed by atoms with E-state index >= 15 is 0 Å². The highest BCUT2D eigenvalue weighted by molar-refractivity contribution is 5.82. The molecule has 24 heavy (non-hydrogen) atoms. The molecule has 0 saturated carbocycles. The van der Waals surface area contributed by atoms with Crippen LogP contribution in [0.4, 0.5) is 0 Å². The van der Waals surface area contributed by atoms with Crippen LogP contribution in [0.5, 0.6) is 0 Å². The van der Waals surface area contributed by atoms with Crippen LogP contribution < -0.4 is 5.32 Å². The van der Waals surface area contributed by atoms with E-state index in [4.69, 9.17) is 4.74 Å². The first-order chi connectivity index (χ1) is 11.6. The number of ether oxygens (including phenoxy) is 1. The number of nitrogens with zero attached hydrogens (tertiary/aromatic N) is 1. The Morgan fingerprint density at radius 3 is 2.71 bits per heavy atom. The van der Waals surface area contributed by atoms with E-state index in [-0.39, 0.29) is 18.4 Å². The molecule has 0 bridgehead atoms. The third kappa shape index (κ3) is 5.64. The second-order valence-electron chi connectivity index (χ2n) is 6.60. The van der Waals surface area contributed by atoms with Crippen LogP contribution in [0, 0.1) is 11.8 Å². The first kappa shape index (κ1) is 18.5. The first-order valence-corrected chi connectivity index (χ1v) is 8.69. The van der Waals surface area contributed by atoms with Crippen molar-refractivity contribution in [1.82, 2.24) is 10.2 Å². The molecule has 0 radical (unpaired) electrons. The number of nitrogens with one attached hydrogen (secondary N) is 1. The minimum atomic E-state index is -0.383. The highest BCUT2D eigenvalue weighted by Gasteiger charge is 2.25. The topological polar surface area (TPSA) is 58.6 Å². The number of carbonyl (C=O) groups is 2. The highest BCUT2D eigenvalue weighted by Crippen LogP contribution is 2.23. The predicted octanol–water partition coefficient (Wildman–Crippen LogP) is 2.21. The van der Waals surface area contributed by atoms with E-state index in [9.17, 15) is 9.59 Å². The lowest BCUT2D eigenvalue weighted by atomic mass is 9.85. The quantitative estimate of drug-likeness (QED) is 0.778. The molecule has 0 spiro atoms. The van der Waals surface area contributed by atoms with Gasteiger partial charge in [-0.05, 0) is 43.3 Å². The number of methoxy groups -OCH3 is 1. The molecule has 5 nitrogen and oxygen atoms in total. The normalized spacial score (nSPS) is 18.7. The molecule has 1 aromatic rings. The van der Waals surface area contributed by atoms with Gasteiger partial charge in [0.1, 0.15) is 6.54 Å². The van der Waals surface area contributed by atoms with Gasteiger partial charge in [0.05, 0.1) is 7.11 Å². The van der Waals surface area contributed by atoms with Crippen LogP contribution in [0.3, 0.4) is 0 Å². The molecule has 5 heteroatoms. The van der Waals surface area contributed by atoms with Crippen molar-refractivity contribution in [1.29, 1.82) is 0 Å². The van der Waals surface area contributed by atoms with Crippen LogP contribution in [0.2, 0.25) is 0 Å². The Labute approximate surface area is 144 Å². The van der Waals surface area contributed by atoms with Crippen LogP contribution in [-0.4, -0.2) is 43.5 Å². The van der Waals surface area contributed by atoms with Crippen molar-refractivity contribution < 1.29 is 14.3 Å². The molecular formula is C19H28N2O3. The predicted molar refractivity (Wildman–Crippen MR) is 93.2 cm³/mol. The summed E-state index contributed by atoms with van der Waals surface area (Å²) in [6.45, 7) is 4.61. The molecule has 1 aromatic carbocycles. The van der Waals surface area contributed by atoms with Gasteiger partial charge in [0.2, 0.25) is 5.91 Å². The maximum atomic E-state index is 12.7. The van der Waals surface area contributed by atoms with E-state index in [1.165, 1.54) is 13.5 Å². The van der Waals surface area contributed by atoms with Crippen molar-refractivity contribution >= 4 is 11.9 Å². The second-order valence-corrected chi connectivity index (χ2v) is 6.60. The Balaban J connectivity index is 1.98. The van der Waals surface area contributed by atoms with E-state index in [2.05, 4.69) is 12.2 Å². The summed E-state index contributed by atoms with van der Waals surface area (Å²) in [5, 5.41) is 3.40. The van der Waals surface area contributed by atoms with Gasteiger partial charge in [-0.15, -0.1) is 0 Å². The fourth-order valence-corrected chi connectivity index (χ4v) is 3.19. The summed E-state index contributed by atoms with van der Waals surface area (Å²) >= 11 is 0. The summed E-state index contributed by atoms with van der Waals surface area (Å²) in [7, 11) is 1.35. The van der Waals surface area contributed by atoms with E-state index in [1.807, 2.05) is 30.3 Å². The lowest BCUT2D eigenvalue weighted by Gasteiger charge is -2.30. The molecule has 2 atom stereocenters. The van der Waals surface area contributed by atoms with Gasteiger partial charge >= 0.3 is 5.97 Å². The van der Waals surface area contributed by atoms with Gasteiger partial charge in [-0.3, -0.25) is 9.59 Å². The summed E-state index contributed by atoms with van der Waals surface area (Å²) in [4.78, 5) is 26.0. The van der Waals surface area contributed by atoms with Gasteiger partial charge < -0.3 is 15.0 Å². The number of rotatable bonds is 7. The number of benzene rings is 1. The standard InChI is InChI=1S/C19H28N2O3/c1-15(17-9-6-10-20-12-17)11-18(22)21(14-19(23)24-2)13-16-7-4-3-5-8-16/h3-5,7-8,15,17,20H,6,9-14H2,1-2H3. The fraction of sp³-hybridized carbons (Fsp3) is 0.579. The van der Waals surface area contributed by atoms with Crippen LogP contribution >= 0.6 is 0 Å². The van der Waals surface area contributed by atoms with Crippen LogP contribution in [0.25, 0.3) is 0 Å². The van der Waals surface area contributed by atoms with E-state index in [0.717, 1.165) is 25.1 Å². The van der Waals surface area contributed by atoms with Crippen molar-refractivity contribution in [3.05, 3.63) is 35.9 Å². The number of hydrogen-bond donors (Lipinski definition) is 1. The largest absolute Gasteiger partial charge is 0.468 e. The molecule has 1 amide bonds. The summed E-state index contributed by atoms with van der Waals surface area (Å²) in [5.74, 6) is 0.467. The molecule has 1 aliphatic rings. The van der Waals surface area contributed by atoms with Crippen molar-refractivity contribution in [3.63, 3.8) is 0 Å². The molecule has 0 aliphatic carbocycles. The molecule has 1 heterocycles. The number of carbonyl (C=O) groups excluding carboxylic acids is 2. The monoisotopic (exact) mass is 332 g/mol. The molecule has 132 valence electrons. The van der Waals surface area contributed by atoms with Crippen LogP contribution in [0.15, 0.2) is 30.3 Å². The molecule has 0 aromatic heterocycles. The Kier molecular flexibility index (Phi) is 7.25. The number of amides is 1. The molecule has 2 rings (SSSR count). The zero-order valence-corrected chi connectivity index (χ0v) is 14.7. The Morgan fingerprint density at radius 2 is 2.08 bits per heavy atom. The first-order valence-electron chi connectivity index (χ1n) is 8.69. The van der Waals surface area contributed by atoms with Gasteiger partial charge in [-0.2, -0.15) is 0 Å². The molecule has 1 saturated heterocycles. The van der Waals surface area contributed by atoms with Gasteiger partial charge in [-0.1, -0.05) is 37.3 Å². The minimum Gasteiger partial charge on any atom is -0.468 e. The van der Waals surface area contributed by atoms with Gasteiger partial charge in [0.25, 0.3) is 0 Å². The van der Waals surface area contributed by atoms with Gasteiger partial charge in [0, 0.05) is 13.0 Å². The number of esters is 1. The maximum absolute atomic E-state index is 12.7. The van der Waals surface area contributed by atoms with Crippen molar-refractivity contribution in [2.45, 2.75) is 32.7 Å². The van der Waals surface area contributed by atoms with Crippen LogP contribution in [-0.2, 0) is 20.9 Å². The van der Waals surface area contributed by atoms with Gasteiger partial charge in [-0.25, -0.2) is 0 Å². The summed E-state index contributed by atoms with van der Waals surface area (Å²) in [6, 6.07) is 9.74. The number of hydrogen-bond acceptors (Lipinski definition) is 4. The molecule has 1 N–H and O–H groups in total. The van der Waals surface area contributed by atoms with Crippen molar-refractivity contribution in [2.75, 3.05) is 26.7 Å². The molecule has 2 unspecified atom stereocenters. The Hall–Kier alpha value is -1.88. The highest BCUT2D eigenvalue weighted by atomic mass is 16.5. The summed E-state index contributed by atoms with van der Waals surface area (Å²) in [5.41, 5.74) is 1.02. The van der Waals surface area contributed by atoms with Crippen molar-refractivity contribution in [3.8, 4) is 0 Å². The van der Waals surface area contributed by atoms with Crippen LogP contribution in [0.1, 0.15) is 31.7 Å². The van der Waals surface area contributed by atoms with Crippen molar-refractivity contribution in [2.24, 2.45) is 11.8 Å². The summed E-state index contributed by atoms with van der Waals surface area (Å²) < 4.78 is 4.75. The fourth-order valence-electron chi connectivity index (χ4n) is 3.19.